The van der Waals surface area contributed by atoms with Crippen LogP contribution in [-0.2, 0) is 11.3 Å². The van der Waals surface area contributed by atoms with Crippen LogP contribution < -0.4 is 10.6 Å². The van der Waals surface area contributed by atoms with Gasteiger partial charge in [-0.3, -0.25) is 4.99 Å². The van der Waals surface area contributed by atoms with Crippen LogP contribution in [0.1, 0.15) is 24.8 Å². The van der Waals surface area contributed by atoms with Crippen LogP contribution in [0.4, 0.5) is 0 Å². The first-order valence-electron chi connectivity index (χ1n) is 7.54. The highest BCUT2D eigenvalue weighted by Crippen LogP contribution is 2.34. The van der Waals surface area contributed by atoms with Crippen molar-refractivity contribution in [3.63, 3.8) is 0 Å². The molecule has 1 aromatic carbocycles. The van der Waals surface area contributed by atoms with Crippen LogP contribution in [0.3, 0.4) is 0 Å². The zero-order valence-corrected chi connectivity index (χ0v) is 16.2. The number of guanidine groups is 1. The number of ether oxygens (including phenoxy) is 1. The second kappa shape index (κ2) is 8.40. The summed E-state index contributed by atoms with van der Waals surface area (Å²) < 4.78 is 5.87. The van der Waals surface area contributed by atoms with E-state index in [0.717, 1.165) is 18.9 Å². The van der Waals surface area contributed by atoms with Gasteiger partial charge in [-0.05, 0) is 43.2 Å². The fourth-order valence-corrected chi connectivity index (χ4v) is 3.50. The number of hydrogen-bond acceptors (Lipinski definition) is 3. The highest BCUT2D eigenvalue weighted by atomic mass is 127. The van der Waals surface area contributed by atoms with Gasteiger partial charge < -0.3 is 15.4 Å². The smallest absolute Gasteiger partial charge is 0.191 e. The zero-order chi connectivity index (χ0) is 14.7. The number of thioether (sulfide) groups is 1. The Hall–Kier alpha value is -0.470. The van der Waals surface area contributed by atoms with Crippen molar-refractivity contribution in [2.24, 2.45) is 4.99 Å². The normalized spacial score (nSPS) is 26.6. The predicted octanol–water partition coefficient (Wildman–Crippen LogP) is 3.01. The van der Waals surface area contributed by atoms with Crippen molar-refractivity contribution in [1.82, 2.24) is 10.6 Å². The van der Waals surface area contributed by atoms with E-state index in [1.807, 2.05) is 7.05 Å². The van der Waals surface area contributed by atoms with Crippen LogP contribution >= 0.6 is 35.7 Å². The van der Waals surface area contributed by atoms with Gasteiger partial charge in [0.05, 0.1) is 18.2 Å². The minimum atomic E-state index is 0. The Labute approximate surface area is 153 Å². The van der Waals surface area contributed by atoms with Gasteiger partial charge in [0.2, 0.25) is 0 Å². The Kier molecular flexibility index (Phi) is 6.83. The van der Waals surface area contributed by atoms with Crippen molar-refractivity contribution >= 4 is 41.7 Å². The largest absolute Gasteiger partial charge is 0.373 e. The summed E-state index contributed by atoms with van der Waals surface area (Å²) in [4.78, 5) is 5.61. The lowest BCUT2D eigenvalue weighted by Crippen LogP contribution is -2.47. The zero-order valence-electron chi connectivity index (χ0n) is 13.0. The number of benzene rings is 1. The molecule has 2 N–H and O–H groups in total. The van der Waals surface area contributed by atoms with E-state index in [1.54, 1.807) is 11.8 Å². The van der Waals surface area contributed by atoms with Crippen molar-refractivity contribution in [2.75, 3.05) is 13.3 Å². The van der Waals surface area contributed by atoms with Crippen LogP contribution in [0, 0.1) is 0 Å². The molecule has 2 saturated heterocycles. The van der Waals surface area contributed by atoms with Crippen LogP contribution in [-0.4, -0.2) is 37.5 Å². The third-order valence-corrected chi connectivity index (χ3v) is 5.01. The molecular weight excluding hydrogens is 409 g/mol. The molecule has 0 amide bonds. The first kappa shape index (κ1) is 17.9. The van der Waals surface area contributed by atoms with Crippen LogP contribution in [0.25, 0.3) is 0 Å². The minimum Gasteiger partial charge on any atom is -0.373 e. The van der Waals surface area contributed by atoms with E-state index in [0.29, 0.717) is 18.2 Å². The molecule has 2 aliphatic heterocycles. The molecular formula is C16H24IN3OS. The van der Waals surface area contributed by atoms with Gasteiger partial charge >= 0.3 is 0 Å². The molecule has 3 rings (SSSR count). The van der Waals surface area contributed by atoms with Crippen molar-refractivity contribution in [2.45, 2.75) is 49.0 Å². The molecule has 6 heteroatoms. The minimum absolute atomic E-state index is 0. The Morgan fingerprint density at radius 1 is 1.32 bits per heavy atom. The number of nitrogens with zero attached hydrogens (tertiary/aromatic N) is 1. The van der Waals surface area contributed by atoms with E-state index in [9.17, 15) is 0 Å². The summed E-state index contributed by atoms with van der Waals surface area (Å²) in [6, 6.07) is 9.04. The molecule has 0 radical (unpaired) electrons. The van der Waals surface area contributed by atoms with Gasteiger partial charge in [-0.2, -0.15) is 0 Å². The lowest BCUT2D eigenvalue weighted by Gasteiger charge is -2.22. The predicted molar refractivity (Wildman–Crippen MR) is 103 cm³/mol. The van der Waals surface area contributed by atoms with Gasteiger partial charge in [0.15, 0.2) is 5.96 Å². The van der Waals surface area contributed by atoms with E-state index >= 15 is 0 Å². The highest BCUT2D eigenvalue weighted by molar-refractivity contribution is 14.0. The number of nitrogens with one attached hydrogen (secondary N) is 2. The maximum absolute atomic E-state index is 5.87. The standard InChI is InChI=1S/C16H23N3OS.HI/c1-17-16(19-14-9-12-5-8-15(14)20-12)18-10-11-3-6-13(21-2)7-4-11;/h3-4,6-7,12,14-15H,5,8-10H2,1-2H3,(H2,17,18,19);1H. The topological polar surface area (TPSA) is 45.7 Å². The first-order chi connectivity index (χ1) is 10.3. The molecule has 0 saturated carbocycles. The van der Waals surface area contributed by atoms with Crippen molar-refractivity contribution in [1.29, 1.82) is 0 Å². The summed E-state index contributed by atoms with van der Waals surface area (Å²) in [5, 5.41) is 6.89. The SMILES string of the molecule is CN=C(NCc1ccc(SC)cc1)NC1CC2CCC1O2.I. The molecule has 3 atom stereocenters. The molecule has 2 aliphatic rings. The molecule has 3 unspecified atom stereocenters. The summed E-state index contributed by atoms with van der Waals surface area (Å²) in [5.74, 6) is 0.866. The number of rotatable bonds is 4. The first-order valence-corrected chi connectivity index (χ1v) is 8.76. The molecule has 2 heterocycles. The second-order valence-electron chi connectivity index (χ2n) is 5.63. The van der Waals surface area contributed by atoms with E-state index in [2.05, 4.69) is 46.1 Å². The molecule has 0 aliphatic carbocycles. The van der Waals surface area contributed by atoms with Gasteiger partial charge in [0.25, 0.3) is 0 Å². The summed E-state index contributed by atoms with van der Waals surface area (Å²) in [7, 11) is 1.82. The number of fused-ring (bicyclic) bond motifs is 2. The number of hydrogen-bond donors (Lipinski definition) is 2. The van der Waals surface area contributed by atoms with E-state index in [4.69, 9.17) is 4.74 Å². The summed E-state index contributed by atoms with van der Waals surface area (Å²) in [6.45, 7) is 0.788. The second-order valence-corrected chi connectivity index (χ2v) is 6.51. The number of aliphatic imine (C=N–C) groups is 1. The molecule has 22 heavy (non-hydrogen) atoms. The fourth-order valence-electron chi connectivity index (χ4n) is 3.09. The van der Waals surface area contributed by atoms with Crippen LogP contribution in [0.2, 0.25) is 0 Å². The van der Waals surface area contributed by atoms with Gasteiger partial charge in [-0.1, -0.05) is 12.1 Å². The Balaban J connectivity index is 0.00000176. The van der Waals surface area contributed by atoms with Crippen molar-refractivity contribution in [3.05, 3.63) is 29.8 Å². The highest BCUT2D eigenvalue weighted by Gasteiger charge is 2.41. The maximum Gasteiger partial charge on any atom is 0.191 e. The molecule has 122 valence electrons. The van der Waals surface area contributed by atoms with E-state index in [1.165, 1.54) is 23.3 Å². The average Bonchev–Trinajstić information content (AvgIpc) is 3.14. The Morgan fingerprint density at radius 2 is 2.09 bits per heavy atom. The summed E-state index contributed by atoms with van der Waals surface area (Å²) >= 11 is 1.76. The molecule has 2 bridgehead atoms. The number of halogens is 1. The van der Waals surface area contributed by atoms with E-state index < -0.39 is 0 Å². The summed E-state index contributed by atoms with van der Waals surface area (Å²) in [5.41, 5.74) is 1.26. The summed E-state index contributed by atoms with van der Waals surface area (Å²) in [6.07, 6.45) is 6.43. The Bertz CT molecular complexity index is 509. The third kappa shape index (κ3) is 4.29. The van der Waals surface area contributed by atoms with E-state index in [-0.39, 0.29) is 24.0 Å². The average molecular weight is 433 g/mol. The third-order valence-electron chi connectivity index (χ3n) is 4.27. The quantitative estimate of drug-likeness (QED) is 0.332. The van der Waals surface area contributed by atoms with Crippen LogP contribution in [0.5, 0.6) is 0 Å². The van der Waals surface area contributed by atoms with Gasteiger partial charge in [0.1, 0.15) is 0 Å². The molecule has 4 nitrogen and oxygen atoms in total. The fraction of sp³-hybridized carbons (Fsp3) is 0.562. The Morgan fingerprint density at radius 3 is 2.64 bits per heavy atom. The molecule has 2 fully saturated rings. The lowest BCUT2D eigenvalue weighted by molar-refractivity contribution is 0.0992. The molecule has 1 aromatic rings. The van der Waals surface area contributed by atoms with Gasteiger partial charge in [-0.15, -0.1) is 35.7 Å². The van der Waals surface area contributed by atoms with Crippen LogP contribution in [0.15, 0.2) is 34.2 Å². The van der Waals surface area contributed by atoms with Gasteiger partial charge in [-0.25, -0.2) is 0 Å². The molecule has 0 aromatic heterocycles. The van der Waals surface area contributed by atoms with Crippen molar-refractivity contribution in [3.8, 4) is 0 Å². The van der Waals surface area contributed by atoms with Crippen molar-refractivity contribution < 1.29 is 4.74 Å². The van der Waals surface area contributed by atoms with Gasteiger partial charge in [0, 0.05) is 18.5 Å². The maximum atomic E-state index is 5.87. The lowest BCUT2D eigenvalue weighted by atomic mass is 9.96. The monoisotopic (exact) mass is 433 g/mol. The molecule has 0 spiro atoms.